The minimum Gasteiger partial charge on any atom is -0.322 e. The maximum absolute atomic E-state index is 6.17. The van der Waals surface area contributed by atoms with Gasteiger partial charge in [0.05, 0.1) is 5.54 Å². The molecule has 1 fully saturated rings. The van der Waals surface area contributed by atoms with E-state index in [9.17, 15) is 0 Å². The molecule has 1 aliphatic rings. The second-order valence-electron chi connectivity index (χ2n) is 9.04. The van der Waals surface area contributed by atoms with Crippen molar-refractivity contribution >= 4 is 11.6 Å². The van der Waals surface area contributed by atoms with Crippen molar-refractivity contribution in [3.63, 3.8) is 0 Å². The molecule has 1 aliphatic heterocycles. The summed E-state index contributed by atoms with van der Waals surface area (Å²) in [6.45, 7) is 11.8. The Balaban J connectivity index is 1.57. The first kappa shape index (κ1) is 20.9. The van der Waals surface area contributed by atoms with E-state index in [1.54, 1.807) is 4.90 Å². The summed E-state index contributed by atoms with van der Waals surface area (Å²) in [4.78, 5) is 7.23. The predicted octanol–water partition coefficient (Wildman–Crippen LogP) is 0.550. The summed E-state index contributed by atoms with van der Waals surface area (Å²) in [6, 6.07) is 12.4. The Kier molecular flexibility index (Phi) is 6.13. The Morgan fingerprint density at radius 3 is 2.30 bits per heavy atom. The topological polar surface area (TPSA) is 65.4 Å². The Hall–Kier alpha value is -2.35. The zero-order valence-corrected chi connectivity index (χ0v) is 18.6. The van der Waals surface area contributed by atoms with Crippen molar-refractivity contribution in [2.75, 3.05) is 26.2 Å². The molecule has 3 heterocycles. The molecule has 1 saturated heterocycles. The van der Waals surface area contributed by atoms with E-state index in [0.717, 1.165) is 43.6 Å². The van der Waals surface area contributed by atoms with Crippen LogP contribution in [-0.4, -0.2) is 51.4 Å². The van der Waals surface area contributed by atoms with Crippen LogP contribution in [0, 0.1) is 0 Å². The molecule has 4 rings (SSSR count). The second-order valence-corrected chi connectivity index (χ2v) is 9.48. The van der Waals surface area contributed by atoms with Gasteiger partial charge >= 0.3 is 0 Å². The van der Waals surface area contributed by atoms with Gasteiger partial charge in [-0.15, -0.1) is 5.10 Å². The number of pyridine rings is 1. The van der Waals surface area contributed by atoms with Crippen LogP contribution >= 0.6 is 11.6 Å². The van der Waals surface area contributed by atoms with E-state index in [4.69, 9.17) is 11.6 Å². The van der Waals surface area contributed by atoms with Crippen LogP contribution in [0.4, 0.5) is 0 Å². The molecule has 2 N–H and O–H groups in total. The maximum atomic E-state index is 6.17. The fourth-order valence-electron chi connectivity index (χ4n) is 4.25. The second kappa shape index (κ2) is 8.79. The highest BCUT2D eigenvalue weighted by atomic mass is 35.5. The summed E-state index contributed by atoms with van der Waals surface area (Å²) in [7, 11) is 0. The maximum Gasteiger partial charge on any atom is 0.214 e. The smallest absolute Gasteiger partial charge is 0.214 e. The van der Waals surface area contributed by atoms with Crippen molar-refractivity contribution in [1.82, 2.24) is 25.2 Å². The Bertz CT molecular complexity index is 942. The average Bonchev–Trinajstić information content (AvgIpc) is 3.22. The minimum atomic E-state index is -0.183. The zero-order chi connectivity index (χ0) is 21.1. The fraction of sp³-hybridized carbons (Fsp3) is 0.455. The minimum absolute atomic E-state index is 0.0824. The van der Waals surface area contributed by atoms with Crippen molar-refractivity contribution in [1.29, 1.82) is 0 Å². The Labute approximate surface area is 182 Å². The molecule has 158 valence electrons. The van der Waals surface area contributed by atoms with E-state index in [1.165, 1.54) is 16.0 Å². The Morgan fingerprint density at radius 1 is 1.00 bits per heavy atom. The Morgan fingerprint density at radius 2 is 1.67 bits per heavy atom. The standard InChI is InChI=1S/C22H28ClN7/c1-22(2,3)30-21(25-26-27-30)20(18-4-6-19(23)7-5-18)29-14-12-28(13-15-29)16-17-8-10-24-11-9-17/h4-11,20H,12-16H2,1-3H3/p+2/t20-/m0/s1. The van der Waals surface area contributed by atoms with E-state index in [-0.39, 0.29) is 11.6 Å². The fourth-order valence-corrected chi connectivity index (χ4v) is 4.38. The van der Waals surface area contributed by atoms with Gasteiger partial charge in [0, 0.05) is 28.5 Å². The van der Waals surface area contributed by atoms with Crippen LogP contribution < -0.4 is 9.80 Å². The van der Waals surface area contributed by atoms with E-state index in [2.05, 4.69) is 65.5 Å². The van der Waals surface area contributed by atoms with Crippen LogP contribution in [0.3, 0.4) is 0 Å². The van der Waals surface area contributed by atoms with Crippen molar-refractivity contribution in [2.24, 2.45) is 0 Å². The largest absolute Gasteiger partial charge is 0.322 e. The molecule has 0 amide bonds. The molecule has 7 nitrogen and oxygen atoms in total. The number of aromatic nitrogens is 5. The monoisotopic (exact) mass is 427 g/mol. The van der Waals surface area contributed by atoms with E-state index in [0.29, 0.717) is 0 Å². The highest BCUT2D eigenvalue weighted by molar-refractivity contribution is 6.30. The lowest BCUT2D eigenvalue weighted by molar-refractivity contribution is -1.03. The van der Waals surface area contributed by atoms with Gasteiger partial charge < -0.3 is 9.80 Å². The molecule has 1 atom stereocenters. The molecule has 0 aliphatic carbocycles. The molecule has 0 saturated carbocycles. The first-order chi connectivity index (χ1) is 14.4. The number of nitrogens with one attached hydrogen (secondary N) is 2. The van der Waals surface area contributed by atoms with E-state index < -0.39 is 0 Å². The number of benzene rings is 1. The van der Waals surface area contributed by atoms with Crippen LogP contribution in [0.15, 0.2) is 48.8 Å². The van der Waals surface area contributed by atoms with Gasteiger partial charge in [-0.3, -0.25) is 4.98 Å². The van der Waals surface area contributed by atoms with Crippen LogP contribution in [0.2, 0.25) is 5.02 Å². The van der Waals surface area contributed by atoms with Crippen LogP contribution in [0.1, 0.15) is 43.8 Å². The molecule has 2 aromatic heterocycles. The number of halogens is 1. The van der Waals surface area contributed by atoms with E-state index >= 15 is 0 Å². The van der Waals surface area contributed by atoms with Crippen molar-refractivity contribution in [3.8, 4) is 0 Å². The number of tetrazole rings is 1. The quantitative estimate of drug-likeness (QED) is 0.624. The summed E-state index contributed by atoms with van der Waals surface area (Å²) in [5.74, 6) is 0.914. The zero-order valence-electron chi connectivity index (χ0n) is 17.8. The molecule has 0 bridgehead atoms. The van der Waals surface area contributed by atoms with Gasteiger partial charge in [-0.2, -0.15) is 0 Å². The number of hydrogen-bond acceptors (Lipinski definition) is 4. The van der Waals surface area contributed by atoms with Crippen LogP contribution in [0.5, 0.6) is 0 Å². The lowest BCUT2D eigenvalue weighted by Gasteiger charge is -2.35. The first-order valence-corrected chi connectivity index (χ1v) is 10.9. The molecular weight excluding hydrogens is 398 g/mol. The molecule has 0 unspecified atom stereocenters. The lowest BCUT2D eigenvalue weighted by atomic mass is 10.0. The normalized spacial score (nSPS) is 20.8. The predicted molar refractivity (Wildman–Crippen MR) is 115 cm³/mol. The number of rotatable bonds is 5. The van der Waals surface area contributed by atoms with Crippen molar-refractivity contribution in [2.45, 2.75) is 38.9 Å². The van der Waals surface area contributed by atoms with Crippen molar-refractivity contribution < 1.29 is 9.80 Å². The van der Waals surface area contributed by atoms with Crippen LogP contribution in [-0.2, 0) is 12.1 Å². The van der Waals surface area contributed by atoms with Gasteiger partial charge in [-0.05, 0) is 55.5 Å². The molecule has 8 heteroatoms. The summed E-state index contributed by atoms with van der Waals surface area (Å²) >= 11 is 6.17. The first-order valence-electron chi connectivity index (χ1n) is 10.5. The van der Waals surface area contributed by atoms with Gasteiger partial charge in [0.15, 0.2) is 6.04 Å². The average molecular weight is 428 g/mol. The third kappa shape index (κ3) is 4.69. The summed E-state index contributed by atoms with van der Waals surface area (Å²) in [5, 5.41) is 13.6. The molecule has 1 aromatic carbocycles. The lowest BCUT2D eigenvalue weighted by Crippen LogP contribution is -3.27. The third-order valence-corrected chi connectivity index (χ3v) is 6.05. The van der Waals surface area contributed by atoms with Gasteiger partial charge in [0.1, 0.15) is 32.7 Å². The number of quaternary nitrogens is 2. The van der Waals surface area contributed by atoms with E-state index in [1.807, 2.05) is 29.2 Å². The van der Waals surface area contributed by atoms with Gasteiger partial charge in [-0.25, -0.2) is 4.68 Å². The highest BCUT2D eigenvalue weighted by Crippen LogP contribution is 2.23. The van der Waals surface area contributed by atoms with Gasteiger partial charge in [0.25, 0.3) is 0 Å². The van der Waals surface area contributed by atoms with Gasteiger partial charge in [0.2, 0.25) is 5.82 Å². The summed E-state index contributed by atoms with van der Waals surface area (Å²) in [6.07, 6.45) is 3.75. The third-order valence-electron chi connectivity index (χ3n) is 5.80. The number of piperazine rings is 1. The molecule has 0 radical (unpaired) electrons. The highest BCUT2D eigenvalue weighted by Gasteiger charge is 2.37. The molecule has 0 spiro atoms. The summed E-state index contributed by atoms with van der Waals surface area (Å²) in [5.41, 5.74) is 2.36. The molecular formula is C22H30ClN7+2. The van der Waals surface area contributed by atoms with Gasteiger partial charge in [-0.1, -0.05) is 23.7 Å². The van der Waals surface area contributed by atoms with Crippen LogP contribution in [0.25, 0.3) is 0 Å². The summed E-state index contributed by atoms with van der Waals surface area (Å²) < 4.78 is 1.97. The SMILES string of the molecule is CC(C)(C)n1nnnc1[C@H](c1ccc(Cl)cc1)[NH+]1CC[NH+](Cc2ccncc2)CC1. The molecule has 30 heavy (non-hydrogen) atoms. The number of nitrogens with zero attached hydrogens (tertiary/aromatic N) is 5. The van der Waals surface area contributed by atoms with Crippen molar-refractivity contribution in [3.05, 3.63) is 70.8 Å². The number of hydrogen-bond donors (Lipinski definition) is 2. The molecule has 3 aromatic rings.